The van der Waals surface area contributed by atoms with Crippen molar-refractivity contribution in [2.75, 3.05) is 11.6 Å². The van der Waals surface area contributed by atoms with Gasteiger partial charge >= 0.3 is 6.09 Å². The molecule has 1 atom stereocenters. The zero-order valence-electron chi connectivity index (χ0n) is 6.83. The average Bonchev–Trinajstić information content (AvgIpc) is 2.32. The molecule has 0 aromatic heterocycles. The lowest BCUT2D eigenvalue weighted by atomic mass is 10.0. The predicted octanol–water partition coefficient (Wildman–Crippen LogP) is 1.84. The summed E-state index contributed by atoms with van der Waals surface area (Å²) in [6, 6.07) is 0. The Bertz CT molecular complexity index is 174. The van der Waals surface area contributed by atoms with Gasteiger partial charge in [0.2, 0.25) is 0 Å². The van der Waals surface area contributed by atoms with Gasteiger partial charge in [-0.3, -0.25) is 4.90 Å². The van der Waals surface area contributed by atoms with E-state index in [1.165, 1.54) is 4.90 Å². The topological polar surface area (TPSA) is 40.5 Å². The smallest absolute Gasteiger partial charge is 0.408 e. The third-order valence-corrected chi connectivity index (χ3v) is 3.54. The standard InChI is InChI=1S/C7H13NO2S/c1-3-7(2)4-11-5-8(7)6(9)10/h3-5H2,1-2H3,(H,9,10). The highest BCUT2D eigenvalue weighted by Crippen LogP contribution is 2.32. The summed E-state index contributed by atoms with van der Waals surface area (Å²) in [5.41, 5.74) is -0.128. The number of rotatable bonds is 1. The van der Waals surface area contributed by atoms with Gasteiger partial charge in [0.25, 0.3) is 0 Å². The summed E-state index contributed by atoms with van der Waals surface area (Å²) >= 11 is 1.69. The predicted molar refractivity (Wildman–Crippen MR) is 45.9 cm³/mol. The van der Waals surface area contributed by atoms with Gasteiger partial charge in [-0.05, 0) is 13.3 Å². The lowest BCUT2D eigenvalue weighted by Gasteiger charge is -2.30. The van der Waals surface area contributed by atoms with Crippen LogP contribution in [0.3, 0.4) is 0 Å². The van der Waals surface area contributed by atoms with E-state index in [2.05, 4.69) is 0 Å². The minimum Gasteiger partial charge on any atom is -0.465 e. The van der Waals surface area contributed by atoms with Crippen molar-refractivity contribution in [3.63, 3.8) is 0 Å². The molecule has 1 rings (SSSR count). The van der Waals surface area contributed by atoms with Gasteiger partial charge in [0.1, 0.15) is 0 Å². The highest BCUT2D eigenvalue weighted by Gasteiger charge is 2.38. The lowest BCUT2D eigenvalue weighted by molar-refractivity contribution is 0.112. The Morgan fingerprint density at radius 1 is 1.82 bits per heavy atom. The van der Waals surface area contributed by atoms with E-state index in [1.54, 1.807) is 11.8 Å². The van der Waals surface area contributed by atoms with Crippen LogP contribution in [0.4, 0.5) is 4.79 Å². The molecule has 0 saturated carbocycles. The van der Waals surface area contributed by atoms with Crippen LogP contribution in [0.2, 0.25) is 0 Å². The molecule has 0 radical (unpaired) electrons. The largest absolute Gasteiger partial charge is 0.465 e. The second-order valence-electron chi connectivity index (χ2n) is 3.04. The van der Waals surface area contributed by atoms with Gasteiger partial charge < -0.3 is 5.11 Å². The Kier molecular flexibility index (Phi) is 2.32. The van der Waals surface area contributed by atoms with E-state index >= 15 is 0 Å². The van der Waals surface area contributed by atoms with E-state index in [0.29, 0.717) is 5.88 Å². The quantitative estimate of drug-likeness (QED) is 0.661. The molecule has 0 spiro atoms. The average molecular weight is 175 g/mol. The number of hydrogen-bond acceptors (Lipinski definition) is 2. The van der Waals surface area contributed by atoms with Gasteiger partial charge in [0.15, 0.2) is 0 Å². The van der Waals surface area contributed by atoms with Crippen LogP contribution in [0.25, 0.3) is 0 Å². The van der Waals surface area contributed by atoms with E-state index < -0.39 is 6.09 Å². The third kappa shape index (κ3) is 1.45. The minimum atomic E-state index is -0.792. The second kappa shape index (κ2) is 2.93. The van der Waals surface area contributed by atoms with E-state index in [0.717, 1.165) is 12.2 Å². The summed E-state index contributed by atoms with van der Waals surface area (Å²) in [6.45, 7) is 4.03. The summed E-state index contributed by atoms with van der Waals surface area (Å²) in [6.07, 6.45) is 0.103. The van der Waals surface area contributed by atoms with Gasteiger partial charge in [0.05, 0.1) is 11.4 Å². The molecule has 1 aliphatic heterocycles. The Morgan fingerprint density at radius 2 is 2.45 bits per heavy atom. The number of thioether (sulfide) groups is 1. The van der Waals surface area contributed by atoms with Crippen LogP contribution in [0.1, 0.15) is 20.3 Å². The number of carbonyl (C=O) groups is 1. The van der Waals surface area contributed by atoms with E-state index in [1.807, 2.05) is 13.8 Å². The van der Waals surface area contributed by atoms with Crippen LogP contribution < -0.4 is 0 Å². The van der Waals surface area contributed by atoms with Crippen LogP contribution >= 0.6 is 11.8 Å². The summed E-state index contributed by atoms with van der Waals surface area (Å²) in [4.78, 5) is 12.2. The fourth-order valence-electron chi connectivity index (χ4n) is 1.17. The monoisotopic (exact) mass is 175 g/mol. The summed E-state index contributed by atoms with van der Waals surface area (Å²) in [7, 11) is 0. The molecule has 1 amide bonds. The lowest BCUT2D eigenvalue weighted by Crippen LogP contribution is -2.45. The molecule has 0 aromatic rings. The number of hydrogen-bond donors (Lipinski definition) is 1. The number of amides is 1. The van der Waals surface area contributed by atoms with Crippen molar-refractivity contribution in [2.24, 2.45) is 0 Å². The van der Waals surface area contributed by atoms with E-state index in [4.69, 9.17) is 5.11 Å². The summed E-state index contributed by atoms with van der Waals surface area (Å²) in [5, 5.41) is 8.79. The second-order valence-corrected chi connectivity index (χ2v) is 3.99. The van der Waals surface area contributed by atoms with Crippen molar-refractivity contribution < 1.29 is 9.90 Å². The maximum absolute atomic E-state index is 10.7. The first-order valence-corrected chi connectivity index (χ1v) is 4.84. The van der Waals surface area contributed by atoms with Crippen molar-refractivity contribution in [1.82, 2.24) is 4.90 Å². The van der Waals surface area contributed by atoms with Crippen molar-refractivity contribution in [3.8, 4) is 0 Å². The molecule has 0 aliphatic carbocycles. The maximum Gasteiger partial charge on any atom is 0.408 e. The van der Waals surface area contributed by atoms with Crippen LogP contribution in [0.5, 0.6) is 0 Å². The maximum atomic E-state index is 10.7. The first-order valence-electron chi connectivity index (χ1n) is 3.68. The van der Waals surface area contributed by atoms with Crippen molar-refractivity contribution in [3.05, 3.63) is 0 Å². The molecule has 4 heteroatoms. The molecule has 1 unspecified atom stereocenters. The van der Waals surface area contributed by atoms with E-state index in [9.17, 15) is 4.79 Å². The molecule has 0 bridgehead atoms. The van der Waals surface area contributed by atoms with Crippen molar-refractivity contribution >= 4 is 17.9 Å². The molecule has 0 aromatic carbocycles. The molecule has 64 valence electrons. The molecular weight excluding hydrogens is 162 g/mol. The van der Waals surface area contributed by atoms with E-state index in [-0.39, 0.29) is 5.54 Å². The highest BCUT2D eigenvalue weighted by atomic mass is 32.2. The molecule has 1 saturated heterocycles. The molecule has 3 nitrogen and oxygen atoms in total. The van der Waals surface area contributed by atoms with Crippen molar-refractivity contribution in [1.29, 1.82) is 0 Å². The van der Waals surface area contributed by atoms with Gasteiger partial charge in [-0.2, -0.15) is 0 Å². The molecule has 1 aliphatic rings. The first kappa shape index (κ1) is 8.71. The zero-order chi connectivity index (χ0) is 8.48. The van der Waals surface area contributed by atoms with Gasteiger partial charge in [-0.25, -0.2) is 4.79 Å². The van der Waals surface area contributed by atoms with Gasteiger partial charge in [0, 0.05) is 5.75 Å². The Labute approximate surface area is 70.8 Å². The molecule has 1 fully saturated rings. The zero-order valence-corrected chi connectivity index (χ0v) is 7.65. The number of nitrogens with zero attached hydrogens (tertiary/aromatic N) is 1. The number of carboxylic acid groups (broad SMARTS) is 1. The fourth-order valence-corrected chi connectivity index (χ4v) is 2.67. The molecule has 1 N–H and O–H groups in total. The minimum absolute atomic E-state index is 0.128. The van der Waals surface area contributed by atoms with Gasteiger partial charge in [-0.15, -0.1) is 11.8 Å². The Balaban J connectivity index is 2.72. The first-order chi connectivity index (χ1) is 5.10. The SMILES string of the molecule is CCC1(C)CSCN1C(=O)O. The molecule has 11 heavy (non-hydrogen) atoms. The Hall–Kier alpha value is -0.380. The van der Waals surface area contributed by atoms with Crippen LogP contribution in [0, 0.1) is 0 Å². The highest BCUT2D eigenvalue weighted by molar-refractivity contribution is 7.99. The molecular formula is C7H13NO2S. The van der Waals surface area contributed by atoms with Gasteiger partial charge in [-0.1, -0.05) is 6.92 Å². The summed E-state index contributed by atoms with van der Waals surface area (Å²) in [5.74, 6) is 1.55. The molecule has 1 heterocycles. The van der Waals surface area contributed by atoms with Crippen LogP contribution in [-0.2, 0) is 0 Å². The third-order valence-electron chi connectivity index (χ3n) is 2.28. The fraction of sp³-hybridized carbons (Fsp3) is 0.857. The Morgan fingerprint density at radius 3 is 2.82 bits per heavy atom. The summed E-state index contributed by atoms with van der Waals surface area (Å²) < 4.78 is 0. The van der Waals surface area contributed by atoms with Crippen LogP contribution in [0.15, 0.2) is 0 Å². The van der Waals surface area contributed by atoms with Crippen molar-refractivity contribution in [2.45, 2.75) is 25.8 Å². The van der Waals surface area contributed by atoms with Crippen LogP contribution in [-0.4, -0.2) is 33.3 Å². The normalized spacial score (nSPS) is 30.9.